The molecule has 0 spiro atoms. The molecule has 0 saturated heterocycles. The maximum Gasteiger partial charge on any atom is 0.320 e. The normalized spacial score (nSPS) is 33.0. The third kappa shape index (κ3) is 5.25. The van der Waals surface area contributed by atoms with E-state index in [0.29, 0.717) is 0 Å². The Labute approximate surface area is 125 Å². The summed E-state index contributed by atoms with van der Waals surface area (Å²) >= 11 is 0. The second-order valence-electron chi connectivity index (χ2n) is 6.29. The van der Waals surface area contributed by atoms with Gasteiger partial charge >= 0.3 is 12.1 Å². The number of fused-ring (bicyclic) bond motifs is 4. The number of nitrogens with two attached hydrogens (primary N) is 2. The monoisotopic (exact) mass is 291 g/mol. The Hall–Kier alpha value is -1.78. The Kier molecular flexibility index (Phi) is 5.42. The minimum atomic E-state index is -0.938. The Balaban J connectivity index is 0.000000115. The van der Waals surface area contributed by atoms with Gasteiger partial charge in [0.2, 0.25) is 0 Å². The first-order valence-electron chi connectivity index (χ1n) is 7.75. The third-order valence-electron chi connectivity index (χ3n) is 4.58. The SMILES string of the molecule is C1=CC2CCC1C2.C1=CC2CCC1C2.NC(=O)NC(N)=O. The molecular formula is C16H25N3O2. The number of imide groups is 1. The van der Waals surface area contributed by atoms with Crippen LogP contribution < -0.4 is 16.8 Å². The van der Waals surface area contributed by atoms with Crippen molar-refractivity contribution in [2.45, 2.75) is 38.5 Å². The lowest BCUT2D eigenvalue weighted by Crippen LogP contribution is -2.38. The van der Waals surface area contributed by atoms with Gasteiger partial charge in [0.15, 0.2) is 0 Å². The highest BCUT2D eigenvalue weighted by atomic mass is 16.2. The zero-order valence-electron chi connectivity index (χ0n) is 12.3. The van der Waals surface area contributed by atoms with Crippen molar-refractivity contribution in [2.24, 2.45) is 35.1 Å². The van der Waals surface area contributed by atoms with Crippen LogP contribution in [-0.4, -0.2) is 12.1 Å². The zero-order valence-corrected chi connectivity index (χ0v) is 12.3. The van der Waals surface area contributed by atoms with Crippen molar-refractivity contribution < 1.29 is 9.59 Å². The van der Waals surface area contributed by atoms with Crippen LogP contribution in [0.1, 0.15) is 38.5 Å². The van der Waals surface area contributed by atoms with Crippen molar-refractivity contribution in [3.05, 3.63) is 24.3 Å². The highest BCUT2D eigenvalue weighted by Gasteiger charge is 2.25. The van der Waals surface area contributed by atoms with E-state index in [9.17, 15) is 9.59 Å². The lowest BCUT2D eigenvalue weighted by atomic mass is 10.1. The lowest BCUT2D eigenvalue weighted by molar-refractivity contribution is 0.236. The summed E-state index contributed by atoms with van der Waals surface area (Å²) in [6.07, 6.45) is 18.4. The van der Waals surface area contributed by atoms with Crippen LogP contribution in [-0.2, 0) is 0 Å². The molecule has 116 valence electrons. The van der Waals surface area contributed by atoms with Gasteiger partial charge in [-0.3, -0.25) is 5.32 Å². The molecule has 5 nitrogen and oxygen atoms in total. The maximum absolute atomic E-state index is 9.62. The Morgan fingerprint density at radius 1 is 0.714 bits per heavy atom. The molecule has 5 heteroatoms. The van der Waals surface area contributed by atoms with E-state index in [2.05, 4.69) is 35.8 Å². The molecule has 21 heavy (non-hydrogen) atoms. The van der Waals surface area contributed by atoms with Crippen molar-refractivity contribution >= 4 is 12.1 Å². The van der Waals surface area contributed by atoms with Crippen LogP contribution in [0.5, 0.6) is 0 Å². The lowest BCUT2D eigenvalue weighted by Gasteiger charge is -1.96. The third-order valence-corrected chi connectivity index (χ3v) is 4.58. The fraction of sp³-hybridized carbons (Fsp3) is 0.625. The van der Waals surface area contributed by atoms with E-state index < -0.39 is 12.1 Å². The number of primary amides is 2. The number of carbonyl (C=O) groups excluding carboxylic acids is 2. The van der Waals surface area contributed by atoms with Gasteiger partial charge < -0.3 is 11.5 Å². The molecule has 2 fully saturated rings. The standard InChI is InChI=1S/2C7H10.C2H5N3O2/c2*1-2-7-4-3-6(1)5-7;3-1(6)5-2(4)7/h2*1-2,6-7H,3-5H2;(H5,3,4,5,6,7). The molecule has 4 rings (SSSR count). The van der Waals surface area contributed by atoms with Crippen LogP contribution in [0.2, 0.25) is 0 Å². The molecule has 4 aliphatic rings. The predicted octanol–water partition coefficient (Wildman–Crippen LogP) is 2.68. The average molecular weight is 291 g/mol. The quantitative estimate of drug-likeness (QED) is 0.598. The first-order valence-corrected chi connectivity index (χ1v) is 7.75. The average Bonchev–Trinajstić information content (AvgIpc) is 3.21. The molecule has 4 atom stereocenters. The van der Waals surface area contributed by atoms with Gasteiger partial charge in [0.25, 0.3) is 0 Å². The van der Waals surface area contributed by atoms with Gasteiger partial charge in [0.1, 0.15) is 0 Å². The first kappa shape index (κ1) is 15.6. The number of urea groups is 2. The Morgan fingerprint density at radius 3 is 1.05 bits per heavy atom. The molecule has 0 aromatic heterocycles. The predicted molar refractivity (Wildman–Crippen MR) is 82.2 cm³/mol. The van der Waals surface area contributed by atoms with Crippen molar-refractivity contribution in [3.63, 3.8) is 0 Å². The number of amides is 4. The van der Waals surface area contributed by atoms with E-state index >= 15 is 0 Å². The summed E-state index contributed by atoms with van der Waals surface area (Å²) in [5.74, 6) is 3.96. The first-order chi connectivity index (χ1) is 10.0. The number of rotatable bonds is 0. The molecule has 0 aliphatic heterocycles. The van der Waals surface area contributed by atoms with Gasteiger partial charge in [-0.2, -0.15) is 0 Å². The van der Waals surface area contributed by atoms with E-state index in [1.54, 1.807) is 5.32 Å². The topological polar surface area (TPSA) is 98.2 Å². The van der Waals surface area contributed by atoms with Crippen LogP contribution in [0.4, 0.5) is 9.59 Å². The van der Waals surface area contributed by atoms with Gasteiger partial charge in [-0.15, -0.1) is 0 Å². The number of hydrogen-bond donors (Lipinski definition) is 3. The molecule has 5 N–H and O–H groups in total. The summed E-state index contributed by atoms with van der Waals surface area (Å²) in [7, 11) is 0. The van der Waals surface area contributed by atoms with Crippen LogP contribution in [0, 0.1) is 23.7 Å². The second-order valence-corrected chi connectivity index (χ2v) is 6.29. The summed E-state index contributed by atoms with van der Waals surface area (Å²) in [6.45, 7) is 0. The van der Waals surface area contributed by atoms with E-state index in [-0.39, 0.29) is 0 Å². The summed E-state index contributed by atoms with van der Waals surface area (Å²) in [6, 6.07) is -1.88. The molecule has 0 radical (unpaired) electrons. The van der Waals surface area contributed by atoms with Crippen molar-refractivity contribution in [1.82, 2.24) is 5.32 Å². The van der Waals surface area contributed by atoms with Crippen molar-refractivity contribution in [2.75, 3.05) is 0 Å². The number of nitrogens with one attached hydrogen (secondary N) is 1. The van der Waals surface area contributed by atoms with Crippen molar-refractivity contribution in [3.8, 4) is 0 Å². The highest BCUT2D eigenvalue weighted by Crippen LogP contribution is 2.38. The molecule has 0 aromatic carbocycles. The van der Waals surface area contributed by atoms with Crippen LogP contribution in [0.3, 0.4) is 0 Å². The molecular weight excluding hydrogens is 266 g/mol. The highest BCUT2D eigenvalue weighted by molar-refractivity contribution is 5.91. The summed E-state index contributed by atoms with van der Waals surface area (Å²) in [4.78, 5) is 19.2. The van der Waals surface area contributed by atoms with Gasteiger partial charge in [-0.1, -0.05) is 24.3 Å². The minimum Gasteiger partial charge on any atom is -0.351 e. The molecule has 4 amide bonds. The Morgan fingerprint density at radius 2 is 1.00 bits per heavy atom. The largest absolute Gasteiger partial charge is 0.351 e. The molecule has 2 saturated carbocycles. The molecule has 4 bridgehead atoms. The second kappa shape index (κ2) is 7.29. The van der Waals surface area contributed by atoms with E-state index in [1.165, 1.54) is 38.5 Å². The van der Waals surface area contributed by atoms with Crippen molar-refractivity contribution in [1.29, 1.82) is 0 Å². The molecule has 4 unspecified atom stereocenters. The summed E-state index contributed by atoms with van der Waals surface area (Å²) < 4.78 is 0. The van der Waals surface area contributed by atoms with Gasteiger partial charge in [0, 0.05) is 0 Å². The number of carbonyl (C=O) groups is 2. The molecule has 0 aromatic rings. The number of hydrogen-bond acceptors (Lipinski definition) is 2. The number of allylic oxidation sites excluding steroid dienone is 4. The Bertz CT molecular complexity index is 381. The van der Waals surface area contributed by atoms with E-state index in [4.69, 9.17) is 0 Å². The summed E-state index contributed by atoms with van der Waals surface area (Å²) in [5.41, 5.74) is 8.88. The van der Waals surface area contributed by atoms with Gasteiger partial charge in [-0.05, 0) is 62.2 Å². The summed E-state index contributed by atoms with van der Waals surface area (Å²) in [5, 5.41) is 1.58. The van der Waals surface area contributed by atoms with Crippen LogP contribution in [0.15, 0.2) is 24.3 Å². The fourth-order valence-electron chi connectivity index (χ4n) is 3.55. The maximum atomic E-state index is 9.62. The fourth-order valence-corrected chi connectivity index (χ4v) is 3.55. The molecule has 0 heterocycles. The van der Waals surface area contributed by atoms with Crippen LogP contribution >= 0.6 is 0 Å². The van der Waals surface area contributed by atoms with E-state index in [1.807, 2.05) is 0 Å². The smallest absolute Gasteiger partial charge is 0.320 e. The van der Waals surface area contributed by atoms with Gasteiger partial charge in [0.05, 0.1) is 0 Å². The minimum absolute atomic E-state index is 0.937. The van der Waals surface area contributed by atoms with Crippen LogP contribution in [0.25, 0.3) is 0 Å². The van der Waals surface area contributed by atoms with E-state index in [0.717, 1.165) is 23.7 Å². The van der Waals surface area contributed by atoms with Gasteiger partial charge in [-0.25, -0.2) is 9.59 Å². The molecule has 4 aliphatic carbocycles. The zero-order chi connectivity index (χ0) is 15.2.